The van der Waals surface area contributed by atoms with Crippen molar-refractivity contribution in [1.29, 1.82) is 0 Å². The summed E-state index contributed by atoms with van der Waals surface area (Å²) in [5.74, 6) is -3.72. The molecule has 0 amide bonds. The highest BCUT2D eigenvalue weighted by molar-refractivity contribution is 6.32. The molecule has 0 bridgehead atoms. The summed E-state index contributed by atoms with van der Waals surface area (Å²) >= 11 is 0. The number of hydrogen-bond donors (Lipinski definition) is 1. The van der Waals surface area contributed by atoms with Crippen LogP contribution in [0.15, 0.2) is 12.7 Å². The van der Waals surface area contributed by atoms with Crippen LogP contribution in [0.3, 0.4) is 0 Å². The quantitative estimate of drug-likeness (QED) is 0.0467. The molecular formula is C26H44O15. The molecule has 41 heavy (non-hydrogen) atoms. The summed E-state index contributed by atoms with van der Waals surface area (Å²) < 4.78 is 52.3. The number of hydrogen-bond acceptors (Lipinski definition) is 14. The van der Waals surface area contributed by atoms with E-state index in [2.05, 4.69) is 6.58 Å². The maximum absolute atomic E-state index is 11.3. The maximum atomic E-state index is 11.3. The molecule has 0 aromatic carbocycles. The van der Waals surface area contributed by atoms with Crippen LogP contribution in [0.5, 0.6) is 0 Å². The second-order valence-corrected chi connectivity index (χ2v) is 7.72. The van der Waals surface area contributed by atoms with Crippen molar-refractivity contribution in [2.24, 2.45) is 0 Å². The molecule has 0 saturated heterocycles. The summed E-state index contributed by atoms with van der Waals surface area (Å²) in [7, 11) is 0. The van der Waals surface area contributed by atoms with Crippen molar-refractivity contribution in [2.45, 2.75) is 12.8 Å². The number of carboxylic acids is 1. The number of ketones is 1. The number of carbonyl (C=O) groups excluding carboxylic acids is 3. The van der Waals surface area contributed by atoms with E-state index in [-0.39, 0.29) is 32.7 Å². The van der Waals surface area contributed by atoms with E-state index in [1.165, 1.54) is 0 Å². The molecule has 0 rings (SSSR count). The van der Waals surface area contributed by atoms with Gasteiger partial charge in [0, 0.05) is 12.5 Å². The molecular weight excluding hydrogens is 552 g/mol. The first kappa shape index (κ1) is 38.5. The van der Waals surface area contributed by atoms with Crippen molar-refractivity contribution in [3.63, 3.8) is 0 Å². The summed E-state index contributed by atoms with van der Waals surface area (Å²) in [4.78, 5) is 43.4. The molecule has 1 N–H and O–H groups in total. The summed E-state index contributed by atoms with van der Waals surface area (Å²) in [5, 5.41) is 8.42. The zero-order valence-electron chi connectivity index (χ0n) is 23.6. The highest BCUT2D eigenvalue weighted by Crippen LogP contribution is 1.95. The van der Waals surface area contributed by atoms with Gasteiger partial charge in [0.2, 0.25) is 5.78 Å². The first-order valence-corrected chi connectivity index (χ1v) is 13.3. The van der Waals surface area contributed by atoms with Crippen molar-refractivity contribution in [3.05, 3.63) is 12.7 Å². The van der Waals surface area contributed by atoms with Crippen LogP contribution in [0.2, 0.25) is 0 Å². The Morgan fingerprint density at radius 2 is 0.756 bits per heavy atom. The highest BCUT2D eigenvalue weighted by Gasteiger charge is 2.14. The SMILES string of the molecule is C=CC(=O)OCCOCCOCCOCCOCCOCCOCCOCCOCCOC(=O)CCC(=O)C(=O)O. The van der Waals surface area contributed by atoms with Crippen molar-refractivity contribution >= 4 is 23.7 Å². The smallest absolute Gasteiger partial charge is 0.372 e. The minimum absolute atomic E-state index is 0.0100. The number of esters is 2. The fraction of sp³-hybridized carbons (Fsp3) is 0.769. The lowest BCUT2D eigenvalue weighted by molar-refractivity contribution is -0.151. The molecule has 0 radical (unpaired) electrons. The monoisotopic (exact) mass is 596 g/mol. The molecule has 0 aliphatic rings. The van der Waals surface area contributed by atoms with Crippen LogP contribution in [0.25, 0.3) is 0 Å². The molecule has 0 aliphatic heterocycles. The van der Waals surface area contributed by atoms with Gasteiger partial charge in [0.15, 0.2) is 0 Å². The summed E-state index contributed by atoms with van der Waals surface area (Å²) in [6, 6.07) is 0. The van der Waals surface area contributed by atoms with Crippen LogP contribution >= 0.6 is 0 Å². The maximum Gasteiger partial charge on any atom is 0.372 e. The lowest BCUT2D eigenvalue weighted by atomic mass is 10.2. The predicted octanol–water partition coefficient (Wildman–Crippen LogP) is -0.174. The topological polar surface area (TPSA) is 181 Å². The zero-order chi connectivity index (χ0) is 30.2. The van der Waals surface area contributed by atoms with Crippen LogP contribution in [0.4, 0.5) is 0 Å². The number of aliphatic carboxylic acids is 1. The fourth-order valence-corrected chi connectivity index (χ4v) is 2.51. The Hall–Kier alpha value is -2.50. The third kappa shape index (κ3) is 30.3. The van der Waals surface area contributed by atoms with Crippen LogP contribution in [0.1, 0.15) is 12.8 Å². The Morgan fingerprint density at radius 3 is 1.05 bits per heavy atom. The van der Waals surface area contributed by atoms with Crippen LogP contribution in [-0.2, 0) is 66.5 Å². The molecule has 15 nitrogen and oxygen atoms in total. The molecule has 0 aromatic rings. The average Bonchev–Trinajstić information content (AvgIpc) is 2.96. The Kier molecular flexibility index (Phi) is 28.6. The molecule has 0 atom stereocenters. The van der Waals surface area contributed by atoms with Gasteiger partial charge in [-0.2, -0.15) is 0 Å². The van der Waals surface area contributed by atoms with Gasteiger partial charge < -0.3 is 52.5 Å². The standard InChI is InChI=1S/C26H44O15/c1-2-24(28)40-21-19-38-17-15-36-13-11-34-9-7-32-5-6-33-8-10-35-12-14-37-16-18-39-20-22-41-25(29)4-3-23(27)26(30)31/h2H,1,3-22H2,(H,30,31). The van der Waals surface area contributed by atoms with Gasteiger partial charge in [0.25, 0.3) is 0 Å². The Morgan fingerprint density at radius 1 is 0.463 bits per heavy atom. The average molecular weight is 597 g/mol. The molecule has 238 valence electrons. The van der Waals surface area contributed by atoms with E-state index in [1.54, 1.807) is 0 Å². The van der Waals surface area contributed by atoms with Gasteiger partial charge in [-0.3, -0.25) is 9.59 Å². The first-order chi connectivity index (χ1) is 20.0. The van der Waals surface area contributed by atoms with E-state index in [1.807, 2.05) is 0 Å². The van der Waals surface area contributed by atoms with Gasteiger partial charge in [-0.1, -0.05) is 6.58 Å². The number of rotatable bonds is 32. The second-order valence-electron chi connectivity index (χ2n) is 7.72. The van der Waals surface area contributed by atoms with E-state index in [4.69, 9.17) is 52.5 Å². The predicted molar refractivity (Wildman–Crippen MR) is 141 cm³/mol. The van der Waals surface area contributed by atoms with Gasteiger partial charge in [-0.25, -0.2) is 9.59 Å². The minimum atomic E-state index is -1.57. The molecule has 0 fully saturated rings. The van der Waals surface area contributed by atoms with Crippen LogP contribution < -0.4 is 0 Å². The Bertz CT molecular complexity index is 686. The van der Waals surface area contributed by atoms with Gasteiger partial charge in [0.1, 0.15) is 13.2 Å². The molecule has 0 aliphatic carbocycles. The molecule has 0 aromatic heterocycles. The van der Waals surface area contributed by atoms with Gasteiger partial charge >= 0.3 is 17.9 Å². The van der Waals surface area contributed by atoms with E-state index in [0.717, 1.165) is 6.08 Å². The number of Topliss-reactive ketones (excluding diaryl/α,β-unsaturated/α-hetero) is 1. The minimum Gasteiger partial charge on any atom is -0.476 e. The van der Waals surface area contributed by atoms with E-state index in [9.17, 15) is 19.2 Å². The summed E-state index contributed by atoms with van der Waals surface area (Å²) in [6.45, 7) is 9.83. The van der Waals surface area contributed by atoms with E-state index < -0.39 is 23.7 Å². The third-order valence-electron chi connectivity index (χ3n) is 4.53. The summed E-state index contributed by atoms with van der Waals surface area (Å²) in [6.07, 6.45) is 0.435. The highest BCUT2D eigenvalue weighted by atomic mass is 16.6. The van der Waals surface area contributed by atoms with E-state index in [0.29, 0.717) is 99.1 Å². The van der Waals surface area contributed by atoms with E-state index >= 15 is 0 Å². The molecule has 0 saturated carbocycles. The van der Waals surface area contributed by atoms with Crippen LogP contribution in [0, 0.1) is 0 Å². The number of ether oxygens (including phenoxy) is 10. The number of carboxylic acid groups (broad SMARTS) is 1. The van der Waals surface area contributed by atoms with Gasteiger partial charge in [-0.15, -0.1) is 0 Å². The second kappa shape index (κ2) is 30.5. The fourth-order valence-electron chi connectivity index (χ4n) is 2.51. The third-order valence-corrected chi connectivity index (χ3v) is 4.53. The zero-order valence-corrected chi connectivity index (χ0v) is 23.6. The molecule has 0 unspecified atom stereocenters. The van der Waals surface area contributed by atoms with Crippen molar-refractivity contribution in [2.75, 3.05) is 119 Å². The summed E-state index contributed by atoms with van der Waals surface area (Å²) in [5.41, 5.74) is 0. The Balaban J connectivity index is 3.15. The Labute approximate surface area is 240 Å². The normalized spacial score (nSPS) is 10.8. The molecule has 0 heterocycles. The van der Waals surface area contributed by atoms with Crippen molar-refractivity contribution in [3.8, 4) is 0 Å². The first-order valence-electron chi connectivity index (χ1n) is 13.3. The van der Waals surface area contributed by atoms with Crippen LogP contribution in [-0.4, -0.2) is 148 Å². The van der Waals surface area contributed by atoms with Gasteiger partial charge in [-0.05, 0) is 0 Å². The van der Waals surface area contributed by atoms with Crippen molar-refractivity contribution < 1.29 is 71.7 Å². The van der Waals surface area contributed by atoms with Crippen molar-refractivity contribution in [1.82, 2.24) is 0 Å². The molecule has 15 heteroatoms. The lowest BCUT2D eigenvalue weighted by Crippen LogP contribution is -2.17. The lowest BCUT2D eigenvalue weighted by Gasteiger charge is -2.09. The largest absolute Gasteiger partial charge is 0.476 e. The van der Waals surface area contributed by atoms with Gasteiger partial charge in [0.05, 0.1) is 112 Å². The number of carbonyl (C=O) groups is 4. The molecule has 0 spiro atoms.